The van der Waals surface area contributed by atoms with E-state index in [1.165, 1.54) is 6.92 Å². The maximum Gasteiger partial charge on any atom is 0.333 e. The first-order chi connectivity index (χ1) is 9.43. The van der Waals surface area contributed by atoms with Crippen LogP contribution in [-0.4, -0.2) is 23.1 Å². The predicted octanol–water partition coefficient (Wildman–Crippen LogP) is 2.08. The van der Waals surface area contributed by atoms with Crippen LogP contribution in [0.2, 0.25) is 0 Å². The van der Waals surface area contributed by atoms with Gasteiger partial charge in [0.15, 0.2) is 5.54 Å². The number of aliphatic carboxylic acids is 1. The lowest BCUT2D eigenvalue weighted by Gasteiger charge is -2.27. The number of nitrogens with one attached hydrogen (secondary N) is 2. The van der Waals surface area contributed by atoms with Gasteiger partial charge in [-0.1, -0.05) is 30.3 Å². The number of urea groups is 1. The SMILES string of the molecule is CC(NC(=O)NC(C)(C(=O)O)c1ccccc1)C1CC1. The minimum absolute atomic E-state index is 0.0730. The second-order valence-corrected chi connectivity index (χ2v) is 5.52. The quantitative estimate of drug-likeness (QED) is 0.770. The number of amides is 2. The normalized spacial score (nSPS) is 18.7. The molecular weight excluding hydrogens is 256 g/mol. The summed E-state index contributed by atoms with van der Waals surface area (Å²) in [6.45, 7) is 3.43. The minimum Gasteiger partial charge on any atom is -0.479 e. The van der Waals surface area contributed by atoms with Crippen LogP contribution in [-0.2, 0) is 10.3 Å². The van der Waals surface area contributed by atoms with Crippen molar-refractivity contribution in [2.75, 3.05) is 0 Å². The maximum absolute atomic E-state index is 12.0. The average molecular weight is 276 g/mol. The van der Waals surface area contributed by atoms with Crippen molar-refractivity contribution in [3.05, 3.63) is 35.9 Å². The molecule has 20 heavy (non-hydrogen) atoms. The van der Waals surface area contributed by atoms with Gasteiger partial charge >= 0.3 is 12.0 Å². The molecule has 0 bridgehead atoms. The highest BCUT2D eigenvalue weighted by molar-refractivity contribution is 5.87. The molecule has 0 spiro atoms. The molecule has 1 aliphatic rings. The molecule has 1 aliphatic carbocycles. The molecule has 0 aromatic heterocycles. The van der Waals surface area contributed by atoms with Gasteiger partial charge in [0.1, 0.15) is 0 Å². The Hall–Kier alpha value is -2.04. The lowest BCUT2D eigenvalue weighted by atomic mass is 9.92. The van der Waals surface area contributed by atoms with Crippen LogP contribution in [0, 0.1) is 5.92 Å². The Balaban J connectivity index is 2.09. The van der Waals surface area contributed by atoms with Crippen molar-refractivity contribution in [3.8, 4) is 0 Å². The average Bonchev–Trinajstić information content (AvgIpc) is 3.23. The summed E-state index contributed by atoms with van der Waals surface area (Å²) in [5, 5.41) is 14.8. The van der Waals surface area contributed by atoms with Gasteiger partial charge in [0, 0.05) is 6.04 Å². The Morgan fingerprint density at radius 1 is 1.30 bits per heavy atom. The van der Waals surface area contributed by atoms with Crippen molar-refractivity contribution >= 4 is 12.0 Å². The van der Waals surface area contributed by atoms with Gasteiger partial charge in [-0.25, -0.2) is 9.59 Å². The van der Waals surface area contributed by atoms with E-state index in [0.29, 0.717) is 11.5 Å². The Bertz CT molecular complexity index is 499. The van der Waals surface area contributed by atoms with Crippen LogP contribution >= 0.6 is 0 Å². The van der Waals surface area contributed by atoms with Gasteiger partial charge in [-0.15, -0.1) is 0 Å². The summed E-state index contributed by atoms with van der Waals surface area (Å²) < 4.78 is 0. The molecule has 1 aromatic carbocycles. The minimum atomic E-state index is -1.44. The van der Waals surface area contributed by atoms with Gasteiger partial charge in [0.25, 0.3) is 0 Å². The lowest BCUT2D eigenvalue weighted by Crippen LogP contribution is -2.54. The third-order valence-electron chi connectivity index (χ3n) is 3.83. The molecule has 2 amide bonds. The molecule has 5 heteroatoms. The van der Waals surface area contributed by atoms with E-state index in [4.69, 9.17) is 0 Å². The van der Waals surface area contributed by atoms with E-state index in [1.807, 2.05) is 6.92 Å². The number of carboxylic acids is 1. The fraction of sp³-hybridized carbons (Fsp3) is 0.467. The molecule has 1 fully saturated rings. The second-order valence-electron chi connectivity index (χ2n) is 5.52. The molecule has 108 valence electrons. The molecule has 0 heterocycles. The first-order valence-electron chi connectivity index (χ1n) is 6.81. The Morgan fingerprint density at radius 3 is 2.40 bits per heavy atom. The van der Waals surface area contributed by atoms with E-state index in [0.717, 1.165) is 12.8 Å². The summed E-state index contributed by atoms with van der Waals surface area (Å²) in [7, 11) is 0. The molecule has 0 aliphatic heterocycles. The van der Waals surface area contributed by atoms with Gasteiger partial charge in [0.2, 0.25) is 0 Å². The van der Waals surface area contributed by atoms with E-state index in [1.54, 1.807) is 30.3 Å². The zero-order valence-corrected chi connectivity index (χ0v) is 11.7. The summed E-state index contributed by atoms with van der Waals surface area (Å²) in [6, 6.07) is 8.33. The van der Waals surface area contributed by atoms with Crippen LogP contribution < -0.4 is 10.6 Å². The largest absolute Gasteiger partial charge is 0.479 e. The van der Waals surface area contributed by atoms with E-state index in [2.05, 4.69) is 10.6 Å². The Labute approximate surface area is 118 Å². The first-order valence-corrected chi connectivity index (χ1v) is 6.81. The van der Waals surface area contributed by atoms with Crippen LogP contribution in [0.5, 0.6) is 0 Å². The van der Waals surface area contributed by atoms with Gasteiger partial charge in [-0.2, -0.15) is 0 Å². The molecule has 3 N–H and O–H groups in total. The van der Waals surface area contributed by atoms with Crippen LogP contribution in [0.1, 0.15) is 32.3 Å². The van der Waals surface area contributed by atoms with Crippen LogP contribution in [0.3, 0.4) is 0 Å². The smallest absolute Gasteiger partial charge is 0.333 e. The number of carbonyl (C=O) groups is 2. The zero-order chi connectivity index (χ0) is 14.8. The van der Waals surface area contributed by atoms with Crippen molar-refractivity contribution in [2.24, 2.45) is 5.92 Å². The van der Waals surface area contributed by atoms with Crippen molar-refractivity contribution in [3.63, 3.8) is 0 Å². The Kier molecular flexibility index (Phi) is 3.97. The molecule has 5 nitrogen and oxygen atoms in total. The molecule has 2 unspecified atom stereocenters. The molecule has 1 aromatic rings. The van der Waals surface area contributed by atoms with E-state index in [-0.39, 0.29) is 6.04 Å². The van der Waals surface area contributed by atoms with Crippen LogP contribution in [0.15, 0.2) is 30.3 Å². The number of carbonyl (C=O) groups excluding carboxylic acids is 1. The molecule has 0 radical (unpaired) electrons. The van der Waals surface area contributed by atoms with E-state index < -0.39 is 17.5 Å². The highest BCUT2D eigenvalue weighted by Gasteiger charge is 2.38. The van der Waals surface area contributed by atoms with E-state index in [9.17, 15) is 14.7 Å². The fourth-order valence-electron chi connectivity index (χ4n) is 2.20. The molecule has 2 atom stereocenters. The molecule has 2 rings (SSSR count). The van der Waals surface area contributed by atoms with Gasteiger partial charge in [-0.3, -0.25) is 0 Å². The standard InChI is InChI=1S/C15H20N2O3/c1-10(11-8-9-11)16-14(20)17-15(2,13(18)19)12-6-4-3-5-7-12/h3-7,10-11H,8-9H2,1-2H3,(H,18,19)(H2,16,17,20). The molecule has 0 saturated heterocycles. The third kappa shape index (κ3) is 3.10. The third-order valence-corrected chi connectivity index (χ3v) is 3.83. The monoisotopic (exact) mass is 276 g/mol. The second kappa shape index (κ2) is 5.53. The number of carboxylic acid groups (broad SMARTS) is 1. The van der Waals surface area contributed by atoms with Crippen LogP contribution in [0.25, 0.3) is 0 Å². The number of hydrogen-bond donors (Lipinski definition) is 3. The molecular formula is C15H20N2O3. The topological polar surface area (TPSA) is 78.4 Å². The molecule has 1 saturated carbocycles. The summed E-state index contributed by atoms with van der Waals surface area (Å²) in [5.41, 5.74) is -0.893. The summed E-state index contributed by atoms with van der Waals surface area (Å²) in [4.78, 5) is 23.5. The van der Waals surface area contributed by atoms with Crippen molar-refractivity contribution in [1.82, 2.24) is 10.6 Å². The highest BCUT2D eigenvalue weighted by atomic mass is 16.4. The summed E-state index contributed by atoms with van der Waals surface area (Å²) in [5.74, 6) is -0.563. The number of hydrogen-bond acceptors (Lipinski definition) is 2. The van der Waals surface area contributed by atoms with Gasteiger partial charge < -0.3 is 15.7 Å². The summed E-state index contributed by atoms with van der Waals surface area (Å²) >= 11 is 0. The Morgan fingerprint density at radius 2 is 1.90 bits per heavy atom. The van der Waals surface area contributed by atoms with Gasteiger partial charge in [-0.05, 0) is 38.2 Å². The fourth-order valence-corrected chi connectivity index (χ4v) is 2.20. The van der Waals surface area contributed by atoms with Crippen molar-refractivity contribution in [2.45, 2.75) is 38.3 Å². The lowest BCUT2D eigenvalue weighted by molar-refractivity contribution is -0.144. The number of benzene rings is 1. The maximum atomic E-state index is 12.0. The van der Waals surface area contributed by atoms with E-state index >= 15 is 0 Å². The zero-order valence-electron chi connectivity index (χ0n) is 11.7. The highest BCUT2D eigenvalue weighted by Crippen LogP contribution is 2.32. The predicted molar refractivity (Wildman–Crippen MR) is 75.3 cm³/mol. The van der Waals surface area contributed by atoms with Crippen LogP contribution in [0.4, 0.5) is 4.79 Å². The van der Waals surface area contributed by atoms with Crippen molar-refractivity contribution < 1.29 is 14.7 Å². The number of rotatable bonds is 5. The van der Waals surface area contributed by atoms with Gasteiger partial charge in [0.05, 0.1) is 0 Å². The summed E-state index contributed by atoms with van der Waals surface area (Å²) in [6.07, 6.45) is 2.24. The van der Waals surface area contributed by atoms with Crippen molar-refractivity contribution in [1.29, 1.82) is 0 Å². The first kappa shape index (κ1) is 14.4.